The number of sulfonamides is 1. The Hall–Kier alpha value is -2.42. The summed E-state index contributed by atoms with van der Waals surface area (Å²) in [5, 5.41) is 5.05. The molecule has 0 aliphatic rings. The molecular formula is C18H19ClN2O5S. The Morgan fingerprint density at radius 2 is 1.81 bits per heavy atom. The van der Waals surface area contributed by atoms with E-state index in [0.29, 0.717) is 12.2 Å². The summed E-state index contributed by atoms with van der Waals surface area (Å²) in [6, 6.07) is 12.4. The van der Waals surface area contributed by atoms with Gasteiger partial charge in [0.2, 0.25) is 10.0 Å². The summed E-state index contributed by atoms with van der Waals surface area (Å²) in [5.41, 5.74) is 0.479. The van der Waals surface area contributed by atoms with E-state index in [4.69, 9.17) is 21.5 Å². The third kappa shape index (κ3) is 5.06. The molecule has 2 rings (SSSR count). The van der Waals surface area contributed by atoms with Crippen molar-refractivity contribution in [2.24, 2.45) is 5.14 Å². The SMILES string of the molecule is CCN(C(=O)[C@@H](C)OC(=O)c1cc(S(N)(=O)=O)ccc1Cl)c1ccccc1. The Balaban J connectivity index is 2.21. The molecule has 1 amide bonds. The molecule has 0 spiro atoms. The van der Waals surface area contributed by atoms with Gasteiger partial charge >= 0.3 is 5.97 Å². The second-order valence-electron chi connectivity index (χ2n) is 5.65. The third-order valence-corrected chi connectivity index (χ3v) is 5.01. The van der Waals surface area contributed by atoms with Gasteiger partial charge in [0.15, 0.2) is 6.10 Å². The summed E-state index contributed by atoms with van der Waals surface area (Å²) in [4.78, 5) is 26.2. The van der Waals surface area contributed by atoms with Gasteiger partial charge in [-0.3, -0.25) is 4.79 Å². The highest BCUT2D eigenvalue weighted by Gasteiger charge is 2.26. The molecule has 0 radical (unpaired) electrons. The van der Waals surface area contributed by atoms with Crippen LogP contribution in [-0.2, 0) is 19.6 Å². The van der Waals surface area contributed by atoms with Crippen LogP contribution in [0.2, 0.25) is 5.02 Å². The van der Waals surface area contributed by atoms with Crippen LogP contribution in [0.4, 0.5) is 5.69 Å². The van der Waals surface area contributed by atoms with Crippen molar-refractivity contribution in [1.29, 1.82) is 0 Å². The van der Waals surface area contributed by atoms with Crippen molar-refractivity contribution in [2.45, 2.75) is 24.8 Å². The number of rotatable bonds is 6. The van der Waals surface area contributed by atoms with Gasteiger partial charge in [-0.1, -0.05) is 29.8 Å². The maximum absolute atomic E-state index is 12.7. The van der Waals surface area contributed by atoms with Gasteiger partial charge in [-0.05, 0) is 44.2 Å². The summed E-state index contributed by atoms with van der Waals surface area (Å²) in [6.07, 6.45) is -1.10. The van der Waals surface area contributed by atoms with Gasteiger partial charge in [-0.2, -0.15) is 0 Å². The molecule has 0 saturated carbocycles. The number of hydrogen-bond donors (Lipinski definition) is 1. The van der Waals surface area contributed by atoms with E-state index in [2.05, 4.69) is 0 Å². The maximum atomic E-state index is 12.7. The lowest BCUT2D eigenvalue weighted by atomic mass is 10.2. The number of hydrogen-bond acceptors (Lipinski definition) is 5. The monoisotopic (exact) mass is 410 g/mol. The molecule has 0 aromatic heterocycles. The quantitative estimate of drug-likeness (QED) is 0.736. The van der Waals surface area contributed by atoms with Crippen LogP contribution in [0.15, 0.2) is 53.4 Å². The third-order valence-electron chi connectivity index (χ3n) is 3.77. The van der Waals surface area contributed by atoms with Crippen LogP contribution in [0.25, 0.3) is 0 Å². The highest BCUT2D eigenvalue weighted by atomic mass is 35.5. The number of nitrogens with zero attached hydrogens (tertiary/aromatic N) is 1. The molecule has 9 heteroatoms. The number of likely N-dealkylation sites (N-methyl/N-ethyl adjacent to an activating group) is 1. The van der Waals surface area contributed by atoms with Crippen LogP contribution >= 0.6 is 11.6 Å². The topological polar surface area (TPSA) is 107 Å². The highest BCUT2D eigenvalue weighted by Crippen LogP contribution is 2.22. The van der Waals surface area contributed by atoms with Crippen molar-refractivity contribution in [3.63, 3.8) is 0 Å². The minimum absolute atomic E-state index is 0.0116. The first kappa shape index (κ1) is 20.9. The smallest absolute Gasteiger partial charge is 0.340 e. The minimum Gasteiger partial charge on any atom is -0.449 e. The number of primary sulfonamides is 1. The van der Waals surface area contributed by atoms with E-state index in [-0.39, 0.29) is 15.5 Å². The van der Waals surface area contributed by atoms with Gasteiger partial charge in [0, 0.05) is 12.2 Å². The molecule has 2 N–H and O–H groups in total. The Labute approximate surface area is 162 Å². The number of para-hydroxylation sites is 1. The molecule has 0 saturated heterocycles. The average molecular weight is 411 g/mol. The molecule has 144 valence electrons. The standard InChI is InChI=1S/C18H19ClN2O5S/c1-3-21(13-7-5-4-6-8-13)17(22)12(2)26-18(23)15-11-14(27(20,24)25)9-10-16(15)19/h4-12H,3H2,1-2H3,(H2,20,24,25)/t12-/m1/s1. The fourth-order valence-corrected chi connectivity index (χ4v) is 3.14. The van der Waals surface area contributed by atoms with E-state index in [1.165, 1.54) is 24.0 Å². The first-order valence-corrected chi connectivity index (χ1v) is 9.97. The largest absolute Gasteiger partial charge is 0.449 e. The lowest BCUT2D eigenvalue weighted by Gasteiger charge is -2.24. The number of anilines is 1. The Morgan fingerprint density at radius 3 is 2.37 bits per heavy atom. The van der Waals surface area contributed by atoms with Crippen molar-refractivity contribution >= 4 is 39.2 Å². The van der Waals surface area contributed by atoms with Crippen LogP contribution in [0.3, 0.4) is 0 Å². The van der Waals surface area contributed by atoms with Gasteiger partial charge < -0.3 is 9.64 Å². The summed E-state index contributed by atoms with van der Waals surface area (Å²) < 4.78 is 28.1. The molecule has 27 heavy (non-hydrogen) atoms. The number of benzene rings is 2. The molecule has 0 fully saturated rings. The van der Waals surface area contributed by atoms with E-state index < -0.39 is 28.0 Å². The summed E-state index contributed by atoms with van der Waals surface area (Å²) >= 11 is 5.96. The average Bonchev–Trinajstić information content (AvgIpc) is 2.62. The van der Waals surface area contributed by atoms with Crippen molar-refractivity contribution in [3.05, 3.63) is 59.1 Å². The number of carbonyl (C=O) groups excluding carboxylic acids is 2. The van der Waals surface area contributed by atoms with Crippen LogP contribution in [0.5, 0.6) is 0 Å². The molecule has 0 heterocycles. The first-order valence-electron chi connectivity index (χ1n) is 8.05. The highest BCUT2D eigenvalue weighted by molar-refractivity contribution is 7.89. The number of esters is 1. The predicted molar refractivity (Wildman–Crippen MR) is 102 cm³/mol. The van der Waals surface area contributed by atoms with Gasteiger partial charge in [-0.25, -0.2) is 18.4 Å². The predicted octanol–water partition coefficient (Wildman–Crippen LogP) is 2.59. The molecule has 2 aromatic rings. The van der Waals surface area contributed by atoms with E-state index in [1.807, 2.05) is 6.07 Å². The van der Waals surface area contributed by atoms with Crippen molar-refractivity contribution in [2.75, 3.05) is 11.4 Å². The van der Waals surface area contributed by atoms with Crippen LogP contribution in [0.1, 0.15) is 24.2 Å². The number of carbonyl (C=O) groups is 2. The second kappa shape index (κ2) is 8.51. The van der Waals surface area contributed by atoms with Crippen molar-refractivity contribution in [3.8, 4) is 0 Å². The molecule has 7 nitrogen and oxygen atoms in total. The molecule has 0 aliphatic heterocycles. The lowest BCUT2D eigenvalue weighted by molar-refractivity contribution is -0.126. The summed E-state index contributed by atoms with van der Waals surface area (Å²) in [5.74, 6) is -1.34. The van der Waals surface area contributed by atoms with Crippen LogP contribution in [0, 0.1) is 0 Å². The van der Waals surface area contributed by atoms with Gasteiger partial charge in [0.05, 0.1) is 15.5 Å². The summed E-state index contributed by atoms with van der Waals surface area (Å²) in [7, 11) is -4.02. The fourth-order valence-electron chi connectivity index (χ4n) is 2.41. The Bertz CT molecular complexity index is 947. The first-order chi connectivity index (χ1) is 12.6. The van der Waals surface area contributed by atoms with Crippen molar-refractivity contribution in [1.82, 2.24) is 0 Å². The lowest BCUT2D eigenvalue weighted by Crippen LogP contribution is -2.40. The van der Waals surface area contributed by atoms with Gasteiger partial charge in [0.1, 0.15) is 0 Å². The Kier molecular flexibility index (Phi) is 6.59. The minimum atomic E-state index is -4.02. The van der Waals surface area contributed by atoms with Crippen molar-refractivity contribution < 1.29 is 22.7 Å². The van der Waals surface area contributed by atoms with E-state index in [9.17, 15) is 18.0 Å². The molecule has 0 unspecified atom stereocenters. The van der Waals surface area contributed by atoms with E-state index >= 15 is 0 Å². The normalized spacial score (nSPS) is 12.3. The number of nitrogens with two attached hydrogens (primary N) is 1. The van der Waals surface area contributed by atoms with E-state index in [1.54, 1.807) is 31.2 Å². The zero-order valence-electron chi connectivity index (χ0n) is 14.8. The molecule has 2 aromatic carbocycles. The van der Waals surface area contributed by atoms with E-state index in [0.717, 1.165) is 6.07 Å². The zero-order valence-corrected chi connectivity index (χ0v) is 16.3. The zero-order chi connectivity index (χ0) is 20.2. The number of amides is 1. The second-order valence-corrected chi connectivity index (χ2v) is 7.62. The molecular weight excluding hydrogens is 392 g/mol. The van der Waals surface area contributed by atoms with Gasteiger partial charge in [0.25, 0.3) is 5.91 Å². The molecule has 0 aliphatic carbocycles. The van der Waals surface area contributed by atoms with Gasteiger partial charge in [-0.15, -0.1) is 0 Å². The summed E-state index contributed by atoms with van der Waals surface area (Å²) in [6.45, 7) is 3.61. The molecule has 1 atom stereocenters. The number of halogens is 1. The fraction of sp³-hybridized carbons (Fsp3) is 0.222. The molecule has 0 bridgehead atoms. The van der Waals surface area contributed by atoms with Crippen LogP contribution < -0.4 is 10.0 Å². The van der Waals surface area contributed by atoms with Crippen LogP contribution in [-0.4, -0.2) is 32.9 Å². The Morgan fingerprint density at radius 1 is 1.19 bits per heavy atom. The number of ether oxygens (including phenoxy) is 1. The maximum Gasteiger partial charge on any atom is 0.340 e.